The van der Waals surface area contributed by atoms with Gasteiger partial charge in [-0.2, -0.15) is 16.8 Å². The summed E-state index contributed by atoms with van der Waals surface area (Å²) in [6.07, 6.45) is 0.719. The number of nitrogens with one attached hydrogen (secondary N) is 1. The van der Waals surface area contributed by atoms with Crippen molar-refractivity contribution in [3.63, 3.8) is 0 Å². The first-order chi connectivity index (χ1) is 11.4. The summed E-state index contributed by atoms with van der Waals surface area (Å²) in [5.41, 5.74) is 0.0280. The van der Waals surface area contributed by atoms with Gasteiger partial charge in [-0.05, 0) is 24.6 Å². The van der Waals surface area contributed by atoms with E-state index in [0.717, 1.165) is 18.2 Å². The molecular weight excluding hydrogens is 374 g/mol. The Bertz CT molecular complexity index is 1060. The van der Waals surface area contributed by atoms with Crippen molar-refractivity contribution in [2.75, 3.05) is 5.32 Å². The van der Waals surface area contributed by atoms with Crippen molar-refractivity contribution in [1.82, 2.24) is 0 Å². The normalized spacial score (nSPS) is 12.3. The Kier molecular flexibility index (Phi) is 5.04. The van der Waals surface area contributed by atoms with E-state index in [1.165, 1.54) is 0 Å². The van der Waals surface area contributed by atoms with Crippen LogP contribution in [0.5, 0.6) is 5.75 Å². The summed E-state index contributed by atoms with van der Waals surface area (Å²) in [5.74, 6) is -1.09. The summed E-state index contributed by atoms with van der Waals surface area (Å²) < 4.78 is 64.1. The summed E-state index contributed by atoms with van der Waals surface area (Å²) in [6, 6.07) is 3.60. The van der Waals surface area contributed by atoms with E-state index >= 15 is 0 Å². The average molecular weight is 389 g/mol. The number of rotatable bonds is 5. The van der Waals surface area contributed by atoms with Gasteiger partial charge in [0.05, 0.1) is 10.6 Å². The number of phenols is 1. The lowest BCUT2D eigenvalue weighted by atomic mass is 10.1. The number of benzene rings is 2. The average Bonchev–Trinajstić information content (AvgIpc) is 2.44. The first-order valence-corrected chi connectivity index (χ1v) is 9.87. The summed E-state index contributed by atoms with van der Waals surface area (Å²) in [5, 5.41) is 12.0. The molecule has 0 aliphatic rings. The summed E-state index contributed by atoms with van der Waals surface area (Å²) in [4.78, 5) is 10.3. The van der Waals surface area contributed by atoms with Crippen molar-refractivity contribution in [3.8, 4) is 5.75 Å². The summed E-state index contributed by atoms with van der Waals surface area (Å²) in [7, 11) is -9.51. The Hall–Kier alpha value is -2.21. The molecular formula is C14H15NO8S2. The molecule has 11 heteroatoms. The molecule has 0 fully saturated rings. The molecule has 0 bridgehead atoms. The largest absolute Gasteiger partial charge is 0.507 e. The molecule has 0 aliphatic heterocycles. The molecule has 1 amide bonds. The van der Waals surface area contributed by atoms with E-state index in [9.17, 15) is 31.3 Å². The Morgan fingerprint density at radius 2 is 1.72 bits per heavy atom. The molecule has 0 aromatic heterocycles. The van der Waals surface area contributed by atoms with Crippen LogP contribution in [0.15, 0.2) is 34.1 Å². The fraction of sp³-hybridized carbons (Fsp3) is 0.214. The molecule has 0 radical (unpaired) electrons. The van der Waals surface area contributed by atoms with E-state index in [2.05, 4.69) is 5.32 Å². The topological polar surface area (TPSA) is 158 Å². The van der Waals surface area contributed by atoms with Crippen LogP contribution >= 0.6 is 0 Å². The van der Waals surface area contributed by atoms with Gasteiger partial charge in [-0.25, -0.2) is 0 Å². The molecule has 4 N–H and O–H groups in total. The number of phenolic OH excluding ortho intramolecular Hbond substituents is 1. The maximum Gasteiger partial charge on any atom is 0.295 e. The molecule has 0 aliphatic carbocycles. The van der Waals surface area contributed by atoms with Gasteiger partial charge in [0, 0.05) is 23.3 Å². The highest BCUT2D eigenvalue weighted by atomic mass is 32.2. The molecule has 0 saturated carbocycles. The van der Waals surface area contributed by atoms with Gasteiger partial charge in [0.15, 0.2) is 0 Å². The summed E-state index contributed by atoms with van der Waals surface area (Å²) >= 11 is 0. The highest BCUT2D eigenvalue weighted by Gasteiger charge is 2.22. The lowest BCUT2D eigenvalue weighted by Gasteiger charge is -2.13. The van der Waals surface area contributed by atoms with Crippen molar-refractivity contribution in [2.24, 2.45) is 0 Å². The molecule has 0 saturated heterocycles. The second-order valence-corrected chi connectivity index (χ2v) is 8.04. The van der Waals surface area contributed by atoms with E-state index in [-0.39, 0.29) is 22.9 Å². The van der Waals surface area contributed by atoms with Crippen LogP contribution in [0.4, 0.5) is 5.69 Å². The minimum atomic E-state index is -4.76. The standard InChI is InChI=1S/C14H15NO8S2/c1-2-3-13(17)15-10-4-5-12(25(21,22)23)9-6-8(24(18,19)20)7-11(16)14(9)10/h4-7,16H,2-3H2,1H3,(H,15,17)(H,18,19,20)(H,21,22,23). The van der Waals surface area contributed by atoms with Crippen molar-refractivity contribution >= 4 is 42.6 Å². The number of amides is 1. The van der Waals surface area contributed by atoms with E-state index in [1.54, 1.807) is 6.92 Å². The Labute approximate surface area is 143 Å². The minimum Gasteiger partial charge on any atom is -0.507 e. The monoisotopic (exact) mass is 389 g/mol. The smallest absolute Gasteiger partial charge is 0.295 e. The van der Waals surface area contributed by atoms with Crippen molar-refractivity contribution in [3.05, 3.63) is 24.3 Å². The second-order valence-electron chi connectivity index (χ2n) is 5.22. The van der Waals surface area contributed by atoms with Crippen molar-refractivity contribution < 1.29 is 35.8 Å². The van der Waals surface area contributed by atoms with Gasteiger partial charge in [0.1, 0.15) is 10.6 Å². The molecule has 9 nitrogen and oxygen atoms in total. The molecule has 0 unspecified atom stereocenters. The van der Waals surface area contributed by atoms with Gasteiger partial charge in [0.2, 0.25) is 5.91 Å². The van der Waals surface area contributed by atoms with Crippen molar-refractivity contribution in [1.29, 1.82) is 0 Å². The van der Waals surface area contributed by atoms with Crippen LogP contribution in [-0.2, 0) is 25.0 Å². The number of carbonyl (C=O) groups excluding carboxylic acids is 1. The number of anilines is 1. The van der Waals surface area contributed by atoms with Gasteiger partial charge in [-0.3, -0.25) is 13.9 Å². The first kappa shape index (κ1) is 19.1. The molecule has 25 heavy (non-hydrogen) atoms. The Morgan fingerprint density at radius 1 is 1.08 bits per heavy atom. The van der Waals surface area contributed by atoms with E-state index in [0.29, 0.717) is 12.5 Å². The van der Waals surface area contributed by atoms with E-state index < -0.39 is 41.7 Å². The molecule has 136 valence electrons. The third kappa shape index (κ3) is 4.07. The zero-order valence-electron chi connectivity index (χ0n) is 12.9. The SMILES string of the molecule is CCCC(=O)Nc1ccc(S(=O)(=O)O)c2cc(S(=O)(=O)O)cc(O)c12. The molecule has 2 aromatic rings. The predicted molar refractivity (Wildman–Crippen MR) is 88.8 cm³/mol. The van der Waals surface area contributed by atoms with E-state index in [4.69, 9.17) is 4.55 Å². The minimum absolute atomic E-state index is 0.0280. The lowest BCUT2D eigenvalue weighted by Crippen LogP contribution is -2.12. The highest BCUT2D eigenvalue weighted by Crippen LogP contribution is 2.38. The number of carbonyl (C=O) groups is 1. The second kappa shape index (κ2) is 6.59. The number of hydrogen-bond donors (Lipinski definition) is 4. The zero-order chi connectivity index (χ0) is 19.0. The van der Waals surface area contributed by atoms with Gasteiger partial charge < -0.3 is 10.4 Å². The van der Waals surface area contributed by atoms with Gasteiger partial charge >= 0.3 is 0 Å². The zero-order valence-corrected chi connectivity index (χ0v) is 14.6. The molecule has 0 atom stereocenters. The molecule has 0 spiro atoms. The van der Waals surface area contributed by atoms with Crippen LogP contribution in [0.2, 0.25) is 0 Å². The Morgan fingerprint density at radius 3 is 2.24 bits per heavy atom. The maximum atomic E-state index is 11.8. The van der Waals surface area contributed by atoms with Gasteiger partial charge in [0.25, 0.3) is 20.2 Å². The molecule has 2 aromatic carbocycles. The maximum absolute atomic E-state index is 11.8. The fourth-order valence-corrected chi connectivity index (χ4v) is 3.53. The predicted octanol–water partition coefficient (Wildman–Crippen LogP) is 1.78. The highest BCUT2D eigenvalue weighted by molar-refractivity contribution is 7.86. The Balaban J connectivity index is 2.87. The van der Waals surface area contributed by atoms with Crippen LogP contribution in [0.3, 0.4) is 0 Å². The third-order valence-corrected chi connectivity index (χ3v) is 5.10. The van der Waals surface area contributed by atoms with Gasteiger partial charge in [-0.1, -0.05) is 6.92 Å². The van der Waals surface area contributed by atoms with Crippen molar-refractivity contribution in [2.45, 2.75) is 29.6 Å². The fourth-order valence-electron chi connectivity index (χ4n) is 2.33. The third-order valence-electron chi connectivity index (χ3n) is 3.35. The molecule has 2 rings (SSSR count). The number of fused-ring (bicyclic) bond motifs is 1. The van der Waals surface area contributed by atoms with Crippen LogP contribution < -0.4 is 5.32 Å². The van der Waals surface area contributed by atoms with Crippen LogP contribution in [0.1, 0.15) is 19.8 Å². The quantitative estimate of drug-likeness (QED) is 0.563. The lowest BCUT2D eigenvalue weighted by molar-refractivity contribution is -0.116. The first-order valence-electron chi connectivity index (χ1n) is 6.99. The van der Waals surface area contributed by atoms with Crippen LogP contribution in [0.25, 0.3) is 10.8 Å². The van der Waals surface area contributed by atoms with Crippen LogP contribution in [0, 0.1) is 0 Å². The summed E-state index contributed by atoms with van der Waals surface area (Å²) in [6.45, 7) is 1.77. The van der Waals surface area contributed by atoms with E-state index in [1.807, 2.05) is 0 Å². The van der Waals surface area contributed by atoms with Gasteiger partial charge in [-0.15, -0.1) is 0 Å². The molecule has 0 heterocycles. The van der Waals surface area contributed by atoms with Crippen LogP contribution in [-0.4, -0.2) is 37.0 Å². The number of aromatic hydroxyl groups is 1. The number of hydrogen-bond acceptors (Lipinski definition) is 6.